The number of ether oxygens (including phenoxy) is 2. The van der Waals surface area contributed by atoms with Crippen LogP contribution in [0, 0.1) is 5.92 Å². The number of fused-ring (bicyclic) bond motifs is 2. The number of amides is 2. The largest absolute Gasteiger partial charge is 0.454 e. The average molecular weight is 373 g/mol. The van der Waals surface area contributed by atoms with E-state index in [2.05, 4.69) is 10.5 Å². The third-order valence-electron chi connectivity index (χ3n) is 4.75. The van der Waals surface area contributed by atoms with Gasteiger partial charge in [0.15, 0.2) is 11.5 Å². The Balaban J connectivity index is 1.20. The molecule has 2 aromatic rings. The van der Waals surface area contributed by atoms with Crippen LogP contribution in [0.5, 0.6) is 11.5 Å². The highest BCUT2D eigenvalue weighted by Crippen LogP contribution is 2.35. The SMILES string of the molecule is O=C(Nc1onc2c1CSC2)C1CN(C(=O)c2ccc3c(c2)OCO3)C1. The summed E-state index contributed by atoms with van der Waals surface area (Å²) in [5, 5.41) is 6.77. The number of anilines is 1. The van der Waals surface area contributed by atoms with Crippen molar-refractivity contribution in [3.8, 4) is 11.5 Å². The predicted octanol–water partition coefficient (Wildman–Crippen LogP) is 1.86. The first-order valence-corrected chi connectivity index (χ1v) is 9.39. The highest BCUT2D eigenvalue weighted by atomic mass is 32.2. The molecule has 4 heterocycles. The van der Waals surface area contributed by atoms with E-state index in [0.717, 1.165) is 22.8 Å². The maximum absolute atomic E-state index is 12.5. The molecule has 0 aliphatic carbocycles. The molecule has 8 nitrogen and oxygen atoms in total. The van der Waals surface area contributed by atoms with Gasteiger partial charge in [0.1, 0.15) is 0 Å². The molecule has 134 valence electrons. The summed E-state index contributed by atoms with van der Waals surface area (Å²) in [6.07, 6.45) is 0. The smallest absolute Gasteiger partial charge is 0.254 e. The first kappa shape index (κ1) is 15.6. The number of rotatable bonds is 3. The number of carbonyl (C=O) groups is 2. The third-order valence-corrected chi connectivity index (χ3v) is 5.72. The van der Waals surface area contributed by atoms with E-state index >= 15 is 0 Å². The Labute approximate surface area is 152 Å². The summed E-state index contributed by atoms with van der Waals surface area (Å²) in [6.45, 7) is 0.928. The number of thioether (sulfide) groups is 1. The second-order valence-electron chi connectivity index (χ2n) is 6.39. The summed E-state index contributed by atoms with van der Waals surface area (Å²) in [7, 11) is 0. The standard InChI is InChI=1S/C17H15N3O5S/c21-15(18-16-11-6-26-7-12(11)19-25-16)10-4-20(5-10)17(22)9-1-2-13-14(3-9)24-8-23-13/h1-3,10H,4-8H2,(H,18,21). The fourth-order valence-corrected chi connectivity index (χ4v) is 4.21. The van der Waals surface area contributed by atoms with Gasteiger partial charge in [0.2, 0.25) is 18.6 Å². The highest BCUT2D eigenvalue weighted by Gasteiger charge is 2.37. The van der Waals surface area contributed by atoms with Crippen molar-refractivity contribution in [2.24, 2.45) is 5.92 Å². The van der Waals surface area contributed by atoms with Crippen LogP contribution in [0.3, 0.4) is 0 Å². The number of aromatic nitrogens is 1. The zero-order chi connectivity index (χ0) is 17.7. The minimum absolute atomic E-state index is 0.121. The zero-order valence-corrected chi connectivity index (χ0v) is 14.5. The molecule has 1 saturated heterocycles. The van der Waals surface area contributed by atoms with Crippen molar-refractivity contribution in [2.75, 3.05) is 25.2 Å². The van der Waals surface area contributed by atoms with Crippen LogP contribution in [0.1, 0.15) is 21.6 Å². The van der Waals surface area contributed by atoms with E-state index in [1.54, 1.807) is 34.9 Å². The van der Waals surface area contributed by atoms with Crippen LogP contribution in [-0.4, -0.2) is 41.8 Å². The van der Waals surface area contributed by atoms with E-state index in [-0.39, 0.29) is 24.5 Å². The summed E-state index contributed by atoms with van der Waals surface area (Å²) in [5.74, 6) is 2.75. The molecule has 0 bridgehead atoms. The fourth-order valence-electron chi connectivity index (χ4n) is 3.19. The minimum Gasteiger partial charge on any atom is -0.454 e. The number of nitrogens with one attached hydrogen (secondary N) is 1. The molecule has 0 spiro atoms. The highest BCUT2D eigenvalue weighted by molar-refractivity contribution is 7.98. The lowest BCUT2D eigenvalue weighted by atomic mass is 9.97. The van der Waals surface area contributed by atoms with E-state index in [0.29, 0.717) is 36.0 Å². The summed E-state index contributed by atoms with van der Waals surface area (Å²) in [4.78, 5) is 26.5. The lowest BCUT2D eigenvalue weighted by Gasteiger charge is -2.38. The molecule has 2 amide bonds. The van der Waals surface area contributed by atoms with Crippen molar-refractivity contribution >= 4 is 29.5 Å². The van der Waals surface area contributed by atoms with Crippen LogP contribution in [-0.2, 0) is 16.3 Å². The normalized spacial score (nSPS) is 17.8. The van der Waals surface area contributed by atoms with Crippen LogP contribution in [0.15, 0.2) is 22.7 Å². The maximum atomic E-state index is 12.5. The number of hydrogen-bond donors (Lipinski definition) is 1. The average Bonchev–Trinajstić information content (AvgIpc) is 3.30. The third kappa shape index (κ3) is 2.50. The molecule has 3 aliphatic heterocycles. The molecule has 0 saturated carbocycles. The van der Waals surface area contributed by atoms with Gasteiger partial charge in [-0.05, 0) is 18.2 Å². The molecular formula is C17H15N3O5S. The Hall–Kier alpha value is -2.68. The Morgan fingerprint density at radius 2 is 2.04 bits per heavy atom. The molecule has 9 heteroatoms. The van der Waals surface area contributed by atoms with Crippen molar-refractivity contribution in [3.63, 3.8) is 0 Å². The first-order valence-electron chi connectivity index (χ1n) is 8.24. The van der Waals surface area contributed by atoms with Crippen molar-refractivity contribution < 1.29 is 23.6 Å². The molecular weight excluding hydrogens is 358 g/mol. The van der Waals surface area contributed by atoms with E-state index in [4.69, 9.17) is 14.0 Å². The van der Waals surface area contributed by atoms with Gasteiger partial charge in [-0.25, -0.2) is 0 Å². The van der Waals surface area contributed by atoms with Crippen LogP contribution < -0.4 is 14.8 Å². The molecule has 1 N–H and O–H groups in total. The van der Waals surface area contributed by atoms with E-state index in [9.17, 15) is 9.59 Å². The molecule has 5 rings (SSSR count). The summed E-state index contributed by atoms with van der Waals surface area (Å²) in [5.41, 5.74) is 2.40. The van der Waals surface area contributed by atoms with Gasteiger partial charge < -0.3 is 18.9 Å². The number of carbonyl (C=O) groups excluding carboxylic acids is 2. The van der Waals surface area contributed by atoms with Gasteiger partial charge in [-0.15, -0.1) is 0 Å². The fraction of sp³-hybridized carbons (Fsp3) is 0.353. The van der Waals surface area contributed by atoms with Gasteiger partial charge >= 0.3 is 0 Å². The Kier molecular flexibility index (Phi) is 3.56. The van der Waals surface area contributed by atoms with E-state index in [1.807, 2.05) is 0 Å². The lowest BCUT2D eigenvalue weighted by molar-refractivity contribution is -0.123. The molecule has 1 aromatic heterocycles. The quantitative estimate of drug-likeness (QED) is 0.878. The van der Waals surface area contributed by atoms with Crippen LogP contribution in [0.25, 0.3) is 0 Å². The Bertz CT molecular complexity index is 906. The monoisotopic (exact) mass is 373 g/mol. The Morgan fingerprint density at radius 3 is 2.92 bits per heavy atom. The van der Waals surface area contributed by atoms with Crippen molar-refractivity contribution in [1.29, 1.82) is 0 Å². The topological polar surface area (TPSA) is 93.9 Å². The zero-order valence-electron chi connectivity index (χ0n) is 13.7. The summed E-state index contributed by atoms with van der Waals surface area (Å²) < 4.78 is 15.8. The molecule has 1 aromatic carbocycles. The number of benzene rings is 1. The van der Waals surface area contributed by atoms with Crippen LogP contribution in [0.4, 0.5) is 5.88 Å². The van der Waals surface area contributed by atoms with Crippen molar-refractivity contribution in [2.45, 2.75) is 11.5 Å². The maximum Gasteiger partial charge on any atom is 0.254 e. The van der Waals surface area contributed by atoms with Gasteiger partial charge in [-0.3, -0.25) is 14.9 Å². The van der Waals surface area contributed by atoms with E-state index in [1.165, 1.54) is 0 Å². The van der Waals surface area contributed by atoms with Gasteiger partial charge in [0.05, 0.1) is 17.2 Å². The number of likely N-dealkylation sites (tertiary alicyclic amines) is 1. The van der Waals surface area contributed by atoms with Crippen molar-refractivity contribution in [1.82, 2.24) is 10.1 Å². The molecule has 3 aliphatic rings. The van der Waals surface area contributed by atoms with Crippen LogP contribution >= 0.6 is 11.8 Å². The molecule has 0 atom stereocenters. The summed E-state index contributed by atoms with van der Waals surface area (Å²) >= 11 is 1.74. The molecule has 0 unspecified atom stereocenters. The second-order valence-corrected chi connectivity index (χ2v) is 7.38. The molecule has 0 radical (unpaired) electrons. The summed E-state index contributed by atoms with van der Waals surface area (Å²) in [6, 6.07) is 5.11. The van der Waals surface area contributed by atoms with Gasteiger partial charge in [0.25, 0.3) is 5.91 Å². The minimum atomic E-state index is -0.247. The van der Waals surface area contributed by atoms with Crippen LogP contribution in [0.2, 0.25) is 0 Å². The number of hydrogen-bond acceptors (Lipinski definition) is 7. The van der Waals surface area contributed by atoms with Gasteiger partial charge in [0, 0.05) is 30.2 Å². The van der Waals surface area contributed by atoms with Gasteiger partial charge in [-0.1, -0.05) is 5.16 Å². The lowest BCUT2D eigenvalue weighted by Crippen LogP contribution is -2.54. The van der Waals surface area contributed by atoms with Crippen molar-refractivity contribution in [3.05, 3.63) is 35.0 Å². The van der Waals surface area contributed by atoms with Gasteiger partial charge in [-0.2, -0.15) is 11.8 Å². The Morgan fingerprint density at radius 1 is 1.19 bits per heavy atom. The number of nitrogens with zero attached hydrogens (tertiary/aromatic N) is 2. The van der Waals surface area contributed by atoms with E-state index < -0.39 is 0 Å². The molecule has 26 heavy (non-hydrogen) atoms. The predicted molar refractivity (Wildman–Crippen MR) is 92.1 cm³/mol. The second kappa shape index (κ2) is 5.94. The molecule has 1 fully saturated rings. The first-order chi connectivity index (χ1) is 12.7.